The molecule has 0 unspecified atom stereocenters. The van der Waals surface area contributed by atoms with Gasteiger partial charge in [-0.15, -0.1) is 0 Å². The summed E-state index contributed by atoms with van der Waals surface area (Å²) in [6.45, 7) is 1.28. The van der Waals surface area contributed by atoms with Crippen LogP contribution in [0.3, 0.4) is 0 Å². The summed E-state index contributed by atoms with van der Waals surface area (Å²) in [5.41, 5.74) is 2.06. The molecule has 1 heterocycles. The van der Waals surface area contributed by atoms with Crippen LogP contribution in [0, 0.1) is 0 Å². The molecule has 1 fully saturated rings. The van der Waals surface area contributed by atoms with Gasteiger partial charge in [-0.1, -0.05) is 22.0 Å². The smallest absolute Gasteiger partial charge is 0.321 e. The van der Waals surface area contributed by atoms with E-state index < -0.39 is 0 Å². The van der Waals surface area contributed by atoms with Crippen LogP contribution < -0.4 is 15.5 Å². The number of benzene rings is 2. The first-order valence-corrected chi connectivity index (χ1v) is 7.65. The Morgan fingerprint density at radius 1 is 1.18 bits per heavy atom. The summed E-state index contributed by atoms with van der Waals surface area (Å²) < 4.78 is 0.903. The van der Waals surface area contributed by atoms with Crippen LogP contribution >= 0.6 is 15.9 Å². The molecule has 3 rings (SSSR count). The number of halogens is 1. The Kier molecular flexibility index (Phi) is 4.11. The predicted molar refractivity (Wildman–Crippen MR) is 89.3 cm³/mol. The minimum Gasteiger partial charge on any atom is -0.336 e. The number of anilines is 2. The van der Waals surface area contributed by atoms with Crippen LogP contribution in [-0.4, -0.2) is 25.0 Å². The van der Waals surface area contributed by atoms with E-state index >= 15 is 0 Å². The second kappa shape index (κ2) is 6.19. The van der Waals surface area contributed by atoms with Crippen molar-refractivity contribution in [1.82, 2.24) is 5.32 Å². The first-order valence-electron chi connectivity index (χ1n) is 6.86. The predicted octanol–water partition coefficient (Wildman–Crippen LogP) is 3.23. The fourth-order valence-corrected chi connectivity index (χ4v) is 2.68. The van der Waals surface area contributed by atoms with Gasteiger partial charge in [-0.2, -0.15) is 0 Å². The van der Waals surface area contributed by atoms with Gasteiger partial charge < -0.3 is 10.6 Å². The summed E-state index contributed by atoms with van der Waals surface area (Å²) >= 11 is 3.37. The summed E-state index contributed by atoms with van der Waals surface area (Å²) in [6, 6.07) is 14.3. The highest BCUT2D eigenvalue weighted by atomic mass is 79.9. The van der Waals surface area contributed by atoms with Crippen molar-refractivity contribution >= 4 is 39.2 Å². The average molecular weight is 360 g/mol. The molecule has 22 heavy (non-hydrogen) atoms. The van der Waals surface area contributed by atoms with Crippen molar-refractivity contribution < 1.29 is 9.59 Å². The lowest BCUT2D eigenvalue weighted by Crippen LogP contribution is -2.27. The topological polar surface area (TPSA) is 61.4 Å². The third kappa shape index (κ3) is 3.12. The Morgan fingerprint density at radius 3 is 2.59 bits per heavy atom. The maximum Gasteiger partial charge on any atom is 0.321 e. The fraction of sp³-hybridized carbons (Fsp3) is 0.125. The minimum absolute atomic E-state index is 0.105. The van der Waals surface area contributed by atoms with Crippen LogP contribution in [0.1, 0.15) is 10.4 Å². The normalized spacial score (nSPS) is 13.9. The van der Waals surface area contributed by atoms with E-state index in [2.05, 4.69) is 26.6 Å². The van der Waals surface area contributed by atoms with Crippen LogP contribution in [0.5, 0.6) is 0 Å². The highest BCUT2D eigenvalue weighted by molar-refractivity contribution is 9.10. The van der Waals surface area contributed by atoms with Crippen LogP contribution in [-0.2, 0) is 0 Å². The maximum atomic E-state index is 12.2. The molecule has 5 nitrogen and oxygen atoms in total. The van der Waals surface area contributed by atoms with Gasteiger partial charge in [-0.05, 0) is 42.5 Å². The molecule has 2 aromatic rings. The first kappa shape index (κ1) is 14.6. The molecule has 1 saturated heterocycles. The SMILES string of the molecule is O=C(Nc1cccc(Br)c1)c1ccc(N2CCNC2=O)cc1. The van der Waals surface area contributed by atoms with Crippen LogP contribution in [0.2, 0.25) is 0 Å². The molecule has 2 aromatic carbocycles. The van der Waals surface area contributed by atoms with Gasteiger partial charge >= 0.3 is 6.03 Å². The number of nitrogens with zero attached hydrogens (tertiary/aromatic N) is 1. The number of hydrogen-bond acceptors (Lipinski definition) is 2. The summed E-state index contributed by atoms with van der Waals surface area (Å²) in [7, 11) is 0. The van der Waals surface area contributed by atoms with Gasteiger partial charge in [0.05, 0.1) is 0 Å². The number of urea groups is 1. The van der Waals surface area contributed by atoms with Crippen molar-refractivity contribution in [2.75, 3.05) is 23.3 Å². The Labute approximate surface area is 136 Å². The molecule has 0 atom stereocenters. The quantitative estimate of drug-likeness (QED) is 0.883. The maximum absolute atomic E-state index is 12.2. The third-order valence-corrected chi connectivity index (χ3v) is 3.87. The zero-order valence-corrected chi connectivity index (χ0v) is 13.3. The van der Waals surface area contributed by atoms with Crippen LogP contribution in [0.25, 0.3) is 0 Å². The van der Waals surface area contributed by atoms with E-state index in [0.717, 1.165) is 15.8 Å². The minimum atomic E-state index is -0.185. The van der Waals surface area contributed by atoms with E-state index in [1.165, 1.54) is 0 Å². The molecule has 6 heteroatoms. The Morgan fingerprint density at radius 2 is 1.95 bits per heavy atom. The van der Waals surface area contributed by atoms with Gasteiger partial charge in [0, 0.05) is 34.5 Å². The lowest BCUT2D eigenvalue weighted by atomic mass is 10.2. The largest absolute Gasteiger partial charge is 0.336 e. The van der Waals surface area contributed by atoms with Gasteiger partial charge in [0.1, 0.15) is 0 Å². The molecule has 0 aliphatic carbocycles. The summed E-state index contributed by atoms with van der Waals surface area (Å²) in [5, 5.41) is 5.58. The molecular formula is C16H14BrN3O2. The van der Waals surface area contributed by atoms with E-state index in [1.807, 2.05) is 24.3 Å². The van der Waals surface area contributed by atoms with E-state index in [9.17, 15) is 9.59 Å². The number of amides is 3. The van der Waals surface area contributed by atoms with Crippen molar-refractivity contribution in [2.45, 2.75) is 0 Å². The van der Waals surface area contributed by atoms with Crippen LogP contribution in [0.15, 0.2) is 53.0 Å². The second-order valence-electron chi connectivity index (χ2n) is 4.89. The van der Waals surface area contributed by atoms with Crippen molar-refractivity contribution in [1.29, 1.82) is 0 Å². The van der Waals surface area contributed by atoms with Crippen molar-refractivity contribution in [3.05, 3.63) is 58.6 Å². The zero-order valence-electron chi connectivity index (χ0n) is 11.7. The summed E-state index contributed by atoms with van der Waals surface area (Å²) in [4.78, 5) is 25.4. The molecule has 0 bridgehead atoms. The van der Waals surface area contributed by atoms with Crippen LogP contribution in [0.4, 0.5) is 16.2 Å². The second-order valence-corrected chi connectivity index (χ2v) is 5.81. The third-order valence-electron chi connectivity index (χ3n) is 3.38. The Hall–Kier alpha value is -2.34. The molecule has 0 spiro atoms. The van der Waals surface area contributed by atoms with E-state index in [1.54, 1.807) is 29.2 Å². The van der Waals surface area contributed by atoms with Crippen molar-refractivity contribution in [3.8, 4) is 0 Å². The molecule has 112 valence electrons. The van der Waals surface area contributed by atoms with Gasteiger partial charge in [0.25, 0.3) is 5.91 Å². The van der Waals surface area contributed by atoms with E-state index in [-0.39, 0.29) is 11.9 Å². The van der Waals surface area contributed by atoms with Crippen molar-refractivity contribution in [2.24, 2.45) is 0 Å². The van der Waals surface area contributed by atoms with E-state index in [4.69, 9.17) is 0 Å². The number of rotatable bonds is 3. The summed E-state index contributed by atoms with van der Waals surface area (Å²) in [5.74, 6) is -0.185. The standard InChI is InChI=1S/C16H14BrN3O2/c17-12-2-1-3-13(10-12)19-15(21)11-4-6-14(7-5-11)20-9-8-18-16(20)22/h1-7,10H,8-9H2,(H,18,22)(H,19,21). The Bertz CT molecular complexity index is 716. The van der Waals surface area contributed by atoms with Crippen molar-refractivity contribution in [3.63, 3.8) is 0 Å². The molecule has 1 aliphatic rings. The first-order chi connectivity index (χ1) is 10.6. The van der Waals surface area contributed by atoms with Gasteiger partial charge in [-0.25, -0.2) is 4.79 Å². The molecule has 0 aromatic heterocycles. The zero-order chi connectivity index (χ0) is 15.5. The Balaban J connectivity index is 1.72. The lowest BCUT2D eigenvalue weighted by Gasteiger charge is -2.14. The molecular weight excluding hydrogens is 346 g/mol. The monoisotopic (exact) mass is 359 g/mol. The van der Waals surface area contributed by atoms with Gasteiger partial charge in [0.2, 0.25) is 0 Å². The number of hydrogen-bond donors (Lipinski definition) is 2. The van der Waals surface area contributed by atoms with E-state index in [0.29, 0.717) is 18.7 Å². The van der Waals surface area contributed by atoms with Gasteiger partial charge in [-0.3, -0.25) is 9.69 Å². The number of nitrogens with one attached hydrogen (secondary N) is 2. The molecule has 0 radical (unpaired) electrons. The highest BCUT2D eigenvalue weighted by Crippen LogP contribution is 2.19. The average Bonchev–Trinajstić information content (AvgIpc) is 2.93. The fourth-order valence-electron chi connectivity index (χ4n) is 2.28. The summed E-state index contributed by atoms with van der Waals surface area (Å²) in [6.07, 6.45) is 0. The highest BCUT2D eigenvalue weighted by Gasteiger charge is 2.21. The molecule has 2 N–H and O–H groups in total. The molecule has 1 aliphatic heterocycles. The molecule has 3 amide bonds. The number of carbonyl (C=O) groups is 2. The number of carbonyl (C=O) groups excluding carboxylic acids is 2. The van der Waals surface area contributed by atoms with Gasteiger partial charge in [0.15, 0.2) is 0 Å². The lowest BCUT2D eigenvalue weighted by molar-refractivity contribution is 0.102. The molecule has 0 saturated carbocycles.